The topological polar surface area (TPSA) is 61.4 Å². The van der Waals surface area contributed by atoms with Gasteiger partial charge in [-0.15, -0.1) is 0 Å². The molecule has 3 rings (SSSR count). The number of nitrogens with zero attached hydrogens (tertiary/aromatic N) is 1. The lowest BCUT2D eigenvalue weighted by Crippen LogP contribution is -2.50. The first-order valence-corrected chi connectivity index (χ1v) is 9.09. The van der Waals surface area contributed by atoms with Crippen LogP contribution < -0.4 is 10.6 Å². The third-order valence-electron chi connectivity index (χ3n) is 4.49. The van der Waals surface area contributed by atoms with Gasteiger partial charge in [0.15, 0.2) is 0 Å². The number of carbonyl (C=O) groups is 2. The molecular weight excluding hydrogens is 350 g/mol. The second-order valence-corrected chi connectivity index (χ2v) is 6.93. The van der Waals surface area contributed by atoms with Crippen LogP contribution in [0, 0.1) is 6.92 Å². The van der Waals surface area contributed by atoms with E-state index in [0.29, 0.717) is 29.4 Å². The van der Waals surface area contributed by atoms with Crippen molar-refractivity contribution in [3.63, 3.8) is 0 Å². The van der Waals surface area contributed by atoms with Gasteiger partial charge in [-0.1, -0.05) is 35.9 Å². The molecule has 0 aromatic heterocycles. The number of amides is 3. The average Bonchev–Trinajstić information content (AvgIpc) is 2.65. The number of urea groups is 1. The number of piperidine rings is 1. The lowest BCUT2D eigenvalue weighted by Gasteiger charge is -2.33. The fourth-order valence-electron chi connectivity index (χ4n) is 3.07. The Morgan fingerprint density at radius 3 is 2.65 bits per heavy atom. The summed E-state index contributed by atoms with van der Waals surface area (Å²) in [5, 5.41) is 6.36. The zero-order chi connectivity index (χ0) is 18.5. The van der Waals surface area contributed by atoms with Crippen LogP contribution >= 0.6 is 11.6 Å². The Bertz CT molecular complexity index is 795. The van der Waals surface area contributed by atoms with Crippen molar-refractivity contribution in [2.75, 3.05) is 18.4 Å². The van der Waals surface area contributed by atoms with Crippen molar-refractivity contribution in [1.82, 2.24) is 10.2 Å². The van der Waals surface area contributed by atoms with Gasteiger partial charge in [-0.25, -0.2) is 4.79 Å². The fourth-order valence-corrected chi connectivity index (χ4v) is 3.25. The Morgan fingerprint density at radius 2 is 1.92 bits per heavy atom. The molecule has 1 aliphatic heterocycles. The van der Waals surface area contributed by atoms with Crippen LogP contribution in [0.3, 0.4) is 0 Å². The summed E-state index contributed by atoms with van der Waals surface area (Å²) in [6.07, 6.45) is 1.71. The second kappa shape index (κ2) is 8.23. The molecule has 2 aromatic carbocycles. The van der Waals surface area contributed by atoms with Crippen molar-refractivity contribution in [1.29, 1.82) is 0 Å². The number of halogens is 1. The van der Waals surface area contributed by atoms with Gasteiger partial charge in [0.25, 0.3) is 5.91 Å². The Labute approximate surface area is 158 Å². The minimum atomic E-state index is -0.288. The SMILES string of the molecule is Cc1ccc(NC(=O)NC2CCCN(C(=O)c3ccccc3)C2)cc1Cl. The van der Waals surface area contributed by atoms with Crippen LogP contribution in [0.2, 0.25) is 5.02 Å². The summed E-state index contributed by atoms with van der Waals surface area (Å²) in [7, 11) is 0. The maximum Gasteiger partial charge on any atom is 0.319 e. The van der Waals surface area contributed by atoms with Gasteiger partial charge in [-0.3, -0.25) is 4.79 Å². The van der Waals surface area contributed by atoms with Crippen molar-refractivity contribution < 1.29 is 9.59 Å². The number of rotatable bonds is 3. The highest BCUT2D eigenvalue weighted by molar-refractivity contribution is 6.31. The summed E-state index contributed by atoms with van der Waals surface area (Å²) in [6, 6.07) is 14.3. The zero-order valence-corrected chi connectivity index (χ0v) is 15.4. The van der Waals surface area contributed by atoms with Crippen molar-refractivity contribution in [2.45, 2.75) is 25.8 Å². The Kier molecular flexibility index (Phi) is 5.78. The largest absolute Gasteiger partial charge is 0.337 e. The van der Waals surface area contributed by atoms with Crippen LogP contribution in [0.5, 0.6) is 0 Å². The van der Waals surface area contributed by atoms with Gasteiger partial charge in [-0.2, -0.15) is 0 Å². The molecule has 6 heteroatoms. The molecule has 0 aliphatic carbocycles. The first kappa shape index (κ1) is 18.3. The number of nitrogens with one attached hydrogen (secondary N) is 2. The average molecular weight is 372 g/mol. The van der Waals surface area contributed by atoms with E-state index in [1.165, 1.54) is 0 Å². The number of hydrogen-bond acceptors (Lipinski definition) is 2. The first-order valence-electron chi connectivity index (χ1n) is 8.71. The lowest BCUT2D eigenvalue weighted by atomic mass is 10.0. The van der Waals surface area contributed by atoms with Crippen molar-refractivity contribution in [3.05, 3.63) is 64.7 Å². The maximum atomic E-state index is 12.6. The predicted octanol–water partition coefficient (Wildman–Crippen LogP) is 4.07. The molecule has 0 saturated carbocycles. The molecule has 2 N–H and O–H groups in total. The van der Waals surface area contributed by atoms with Crippen molar-refractivity contribution >= 4 is 29.2 Å². The quantitative estimate of drug-likeness (QED) is 0.854. The summed E-state index contributed by atoms with van der Waals surface area (Å²) >= 11 is 6.09. The molecule has 1 heterocycles. The molecule has 3 amide bonds. The molecule has 0 bridgehead atoms. The first-order chi connectivity index (χ1) is 12.5. The highest BCUT2D eigenvalue weighted by atomic mass is 35.5. The highest BCUT2D eigenvalue weighted by Gasteiger charge is 2.25. The van der Waals surface area contributed by atoms with Crippen molar-refractivity contribution in [3.8, 4) is 0 Å². The highest BCUT2D eigenvalue weighted by Crippen LogP contribution is 2.20. The summed E-state index contributed by atoms with van der Waals surface area (Å²) in [5.74, 6) is 0.00262. The van der Waals surface area contributed by atoms with E-state index in [2.05, 4.69) is 10.6 Å². The van der Waals surface area contributed by atoms with E-state index in [1.54, 1.807) is 11.0 Å². The summed E-state index contributed by atoms with van der Waals surface area (Å²) < 4.78 is 0. The van der Waals surface area contributed by atoms with E-state index in [4.69, 9.17) is 11.6 Å². The molecule has 136 valence electrons. The van der Waals surface area contributed by atoms with Gasteiger partial charge in [0.05, 0.1) is 0 Å². The second-order valence-electron chi connectivity index (χ2n) is 6.52. The number of carbonyl (C=O) groups excluding carboxylic acids is 2. The van der Waals surface area contributed by atoms with E-state index >= 15 is 0 Å². The normalized spacial score (nSPS) is 16.8. The third-order valence-corrected chi connectivity index (χ3v) is 4.90. The molecule has 1 fully saturated rings. The standard InChI is InChI=1S/C20H22ClN3O2/c1-14-9-10-16(12-18(14)21)22-20(26)23-17-8-5-11-24(13-17)19(25)15-6-3-2-4-7-15/h2-4,6-7,9-10,12,17H,5,8,11,13H2,1H3,(H2,22,23,26). The van der Waals surface area contributed by atoms with Gasteiger partial charge in [-0.05, 0) is 49.6 Å². The molecule has 5 nitrogen and oxygen atoms in total. The Balaban J connectivity index is 1.57. The van der Waals surface area contributed by atoms with E-state index in [-0.39, 0.29) is 18.0 Å². The Morgan fingerprint density at radius 1 is 1.15 bits per heavy atom. The maximum absolute atomic E-state index is 12.6. The summed E-state index contributed by atoms with van der Waals surface area (Å²) in [4.78, 5) is 26.6. The van der Waals surface area contributed by atoms with E-state index in [1.807, 2.05) is 49.4 Å². The van der Waals surface area contributed by atoms with Gasteiger partial charge in [0, 0.05) is 35.4 Å². The van der Waals surface area contributed by atoms with E-state index in [9.17, 15) is 9.59 Å². The number of aryl methyl sites for hydroxylation is 1. The summed E-state index contributed by atoms with van der Waals surface area (Å²) in [6.45, 7) is 3.13. The number of likely N-dealkylation sites (tertiary alicyclic amines) is 1. The van der Waals surface area contributed by atoms with Gasteiger partial charge < -0.3 is 15.5 Å². The zero-order valence-electron chi connectivity index (χ0n) is 14.7. The molecule has 0 spiro atoms. The molecule has 2 aromatic rings. The lowest BCUT2D eigenvalue weighted by molar-refractivity contribution is 0.0698. The number of hydrogen-bond donors (Lipinski definition) is 2. The monoisotopic (exact) mass is 371 g/mol. The van der Waals surface area contributed by atoms with Gasteiger partial charge in [0.2, 0.25) is 0 Å². The van der Waals surface area contributed by atoms with Crippen LogP contribution in [0.4, 0.5) is 10.5 Å². The minimum absolute atomic E-state index is 0.00262. The number of anilines is 1. The van der Waals surface area contributed by atoms with E-state index < -0.39 is 0 Å². The molecular formula is C20H22ClN3O2. The molecule has 0 radical (unpaired) electrons. The van der Waals surface area contributed by atoms with Crippen LogP contribution in [0.15, 0.2) is 48.5 Å². The van der Waals surface area contributed by atoms with Crippen LogP contribution in [0.25, 0.3) is 0 Å². The minimum Gasteiger partial charge on any atom is -0.337 e. The smallest absolute Gasteiger partial charge is 0.319 e. The molecule has 26 heavy (non-hydrogen) atoms. The van der Waals surface area contributed by atoms with Crippen molar-refractivity contribution in [2.24, 2.45) is 0 Å². The Hall–Kier alpha value is -2.53. The van der Waals surface area contributed by atoms with Crippen LogP contribution in [-0.2, 0) is 0 Å². The molecule has 1 atom stereocenters. The molecule has 1 saturated heterocycles. The summed E-state index contributed by atoms with van der Waals surface area (Å²) in [5.41, 5.74) is 2.28. The number of benzene rings is 2. The van der Waals surface area contributed by atoms with Gasteiger partial charge >= 0.3 is 6.03 Å². The van der Waals surface area contributed by atoms with E-state index in [0.717, 1.165) is 18.4 Å². The van der Waals surface area contributed by atoms with Gasteiger partial charge in [0.1, 0.15) is 0 Å². The van der Waals surface area contributed by atoms with Crippen LogP contribution in [0.1, 0.15) is 28.8 Å². The predicted molar refractivity (Wildman–Crippen MR) is 104 cm³/mol. The van der Waals surface area contributed by atoms with Crippen LogP contribution in [-0.4, -0.2) is 36.0 Å². The molecule has 1 aliphatic rings. The molecule has 1 unspecified atom stereocenters. The third kappa shape index (κ3) is 4.55. The fraction of sp³-hybridized carbons (Fsp3) is 0.300.